The largest absolute Gasteiger partial charge is 0.455 e. The zero-order valence-electron chi connectivity index (χ0n) is 14.8. The predicted octanol–water partition coefficient (Wildman–Crippen LogP) is 0.839. The lowest BCUT2D eigenvalue weighted by atomic mass is 10.1. The zero-order chi connectivity index (χ0) is 18.9. The monoisotopic (exact) mass is 359 g/mol. The van der Waals surface area contributed by atoms with Gasteiger partial charge in [0.2, 0.25) is 0 Å². The van der Waals surface area contributed by atoms with Gasteiger partial charge in [-0.1, -0.05) is 18.2 Å². The van der Waals surface area contributed by atoms with Crippen LogP contribution in [0.3, 0.4) is 0 Å². The Morgan fingerprint density at radius 2 is 1.96 bits per heavy atom. The molecular weight excluding hydrogens is 338 g/mol. The van der Waals surface area contributed by atoms with Crippen LogP contribution in [0.4, 0.5) is 10.5 Å². The molecule has 8 heteroatoms. The van der Waals surface area contributed by atoms with E-state index in [2.05, 4.69) is 5.32 Å². The van der Waals surface area contributed by atoms with Crippen LogP contribution in [0.1, 0.15) is 25.8 Å². The number of amides is 4. The van der Waals surface area contributed by atoms with Crippen molar-refractivity contribution in [2.24, 2.45) is 0 Å². The molecule has 2 heterocycles. The molecule has 4 amide bonds. The Kier molecular flexibility index (Phi) is 4.67. The van der Waals surface area contributed by atoms with Gasteiger partial charge < -0.3 is 15.0 Å². The fourth-order valence-electron chi connectivity index (χ4n) is 3.11. The number of urea groups is 1. The third-order valence-electron chi connectivity index (χ3n) is 4.53. The van der Waals surface area contributed by atoms with E-state index in [-0.39, 0.29) is 31.4 Å². The lowest BCUT2D eigenvalue weighted by molar-refractivity contribution is -0.148. The number of para-hydroxylation sites is 1. The Bertz CT molecular complexity index is 774. The van der Waals surface area contributed by atoms with Crippen molar-refractivity contribution in [2.75, 3.05) is 24.6 Å². The predicted molar refractivity (Wildman–Crippen MR) is 92.4 cm³/mol. The van der Waals surface area contributed by atoms with E-state index in [0.717, 1.165) is 22.6 Å². The second-order valence-corrected chi connectivity index (χ2v) is 6.85. The van der Waals surface area contributed by atoms with E-state index < -0.39 is 17.5 Å². The molecule has 26 heavy (non-hydrogen) atoms. The number of ether oxygens (including phenoxy) is 1. The van der Waals surface area contributed by atoms with Crippen molar-refractivity contribution in [2.45, 2.75) is 32.2 Å². The molecule has 1 aromatic carbocycles. The zero-order valence-corrected chi connectivity index (χ0v) is 14.8. The maximum Gasteiger partial charge on any atom is 0.325 e. The number of imide groups is 1. The van der Waals surface area contributed by atoms with Crippen LogP contribution in [-0.2, 0) is 25.5 Å². The molecule has 0 atom stereocenters. The summed E-state index contributed by atoms with van der Waals surface area (Å²) in [7, 11) is 0. The minimum atomic E-state index is -0.972. The summed E-state index contributed by atoms with van der Waals surface area (Å²) in [6.45, 7) is 3.32. The van der Waals surface area contributed by atoms with Gasteiger partial charge in [-0.25, -0.2) is 4.79 Å². The molecule has 0 bridgehead atoms. The number of carbonyl (C=O) groups is 4. The lowest BCUT2D eigenvalue weighted by Gasteiger charge is -2.18. The second-order valence-electron chi connectivity index (χ2n) is 6.85. The smallest absolute Gasteiger partial charge is 0.325 e. The van der Waals surface area contributed by atoms with Crippen molar-refractivity contribution in [3.8, 4) is 0 Å². The average molecular weight is 359 g/mol. The summed E-state index contributed by atoms with van der Waals surface area (Å²) >= 11 is 0. The summed E-state index contributed by atoms with van der Waals surface area (Å²) < 4.78 is 5.01. The van der Waals surface area contributed by atoms with Gasteiger partial charge >= 0.3 is 12.0 Å². The molecule has 0 aliphatic carbocycles. The SMILES string of the molecule is CC1(C)NC(=O)N(CCC(=O)OCC(=O)N2CCc3ccccc32)C1=O. The van der Waals surface area contributed by atoms with E-state index in [1.54, 1.807) is 18.7 Å². The molecule has 0 radical (unpaired) electrons. The molecule has 138 valence electrons. The average Bonchev–Trinajstić information content (AvgIpc) is 3.10. The van der Waals surface area contributed by atoms with Gasteiger partial charge in [-0.3, -0.25) is 19.3 Å². The molecule has 3 rings (SSSR count). The number of nitrogens with one attached hydrogen (secondary N) is 1. The summed E-state index contributed by atoms with van der Waals surface area (Å²) in [5, 5.41) is 2.54. The normalized spacial score (nSPS) is 17.9. The molecule has 1 N–H and O–H groups in total. The highest BCUT2D eigenvalue weighted by Gasteiger charge is 2.44. The van der Waals surface area contributed by atoms with Crippen LogP contribution >= 0.6 is 0 Å². The molecule has 1 saturated heterocycles. The van der Waals surface area contributed by atoms with Gasteiger partial charge in [0, 0.05) is 18.8 Å². The van der Waals surface area contributed by atoms with Crippen LogP contribution in [0.5, 0.6) is 0 Å². The fraction of sp³-hybridized carbons (Fsp3) is 0.444. The van der Waals surface area contributed by atoms with E-state index in [4.69, 9.17) is 4.74 Å². The van der Waals surface area contributed by atoms with Gasteiger partial charge in [-0.2, -0.15) is 0 Å². The molecule has 8 nitrogen and oxygen atoms in total. The molecule has 0 aromatic heterocycles. The fourth-order valence-corrected chi connectivity index (χ4v) is 3.11. The molecule has 1 aromatic rings. The van der Waals surface area contributed by atoms with Crippen molar-refractivity contribution in [3.63, 3.8) is 0 Å². The molecule has 0 saturated carbocycles. The van der Waals surface area contributed by atoms with Crippen LogP contribution in [0.25, 0.3) is 0 Å². The van der Waals surface area contributed by atoms with E-state index in [9.17, 15) is 19.2 Å². The quantitative estimate of drug-likeness (QED) is 0.621. The molecule has 0 spiro atoms. The van der Waals surface area contributed by atoms with Crippen LogP contribution in [0, 0.1) is 0 Å². The number of esters is 1. The van der Waals surface area contributed by atoms with Crippen LogP contribution in [-0.4, -0.2) is 54.0 Å². The summed E-state index contributed by atoms with van der Waals surface area (Å²) in [6, 6.07) is 7.08. The Morgan fingerprint density at radius 3 is 2.65 bits per heavy atom. The van der Waals surface area contributed by atoms with Gasteiger partial charge in [0.15, 0.2) is 6.61 Å². The van der Waals surface area contributed by atoms with Gasteiger partial charge in [0.05, 0.1) is 6.42 Å². The number of rotatable bonds is 5. The van der Waals surface area contributed by atoms with E-state index >= 15 is 0 Å². The molecule has 2 aliphatic heterocycles. The number of hydrogen-bond acceptors (Lipinski definition) is 5. The van der Waals surface area contributed by atoms with E-state index in [1.165, 1.54) is 0 Å². The highest BCUT2D eigenvalue weighted by atomic mass is 16.5. The van der Waals surface area contributed by atoms with Crippen LogP contribution in [0.2, 0.25) is 0 Å². The number of benzene rings is 1. The van der Waals surface area contributed by atoms with Crippen molar-refractivity contribution < 1.29 is 23.9 Å². The number of hydrogen-bond donors (Lipinski definition) is 1. The summed E-state index contributed by atoms with van der Waals surface area (Å²) in [6.07, 6.45) is 0.622. The Morgan fingerprint density at radius 1 is 1.23 bits per heavy atom. The standard InChI is InChI=1S/C18H21N3O5/c1-18(2)16(24)21(17(25)19-18)10-8-15(23)26-11-14(22)20-9-7-12-5-3-4-6-13(12)20/h3-6H,7-11H2,1-2H3,(H,19,25). The topological polar surface area (TPSA) is 96.0 Å². The van der Waals surface area contributed by atoms with Crippen molar-refractivity contribution in [1.82, 2.24) is 10.2 Å². The first kappa shape index (κ1) is 17.9. The van der Waals surface area contributed by atoms with Crippen molar-refractivity contribution in [1.29, 1.82) is 0 Å². The third-order valence-corrected chi connectivity index (χ3v) is 4.53. The first-order valence-electron chi connectivity index (χ1n) is 8.47. The number of anilines is 1. The van der Waals surface area contributed by atoms with Gasteiger partial charge in [-0.15, -0.1) is 0 Å². The molecular formula is C18H21N3O5. The number of fused-ring (bicyclic) bond motifs is 1. The van der Waals surface area contributed by atoms with Gasteiger partial charge in [0.25, 0.3) is 11.8 Å². The Hall–Kier alpha value is -2.90. The maximum absolute atomic E-state index is 12.3. The highest BCUT2D eigenvalue weighted by molar-refractivity contribution is 6.06. The maximum atomic E-state index is 12.3. The Labute approximate surface area is 151 Å². The summed E-state index contributed by atoms with van der Waals surface area (Å²) in [4.78, 5) is 50.5. The summed E-state index contributed by atoms with van der Waals surface area (Å²) in [5.41, 5.74) is 0.962. The first-order valence-corrected chi connectivity index (χ1v) is 8.47. The van der Waals surface area contributed by atoms with Gasteiger partial charge in [0.1, 0.15) is 5.54 Å². The van der Waals surface area contributed by atoms with Crippen molar-refractivity contribution >= 4 is 29.5 Å². The van der Waals surface area contributed by atoms with Crippen LogP contribution in [0.15, 0.2) is 24.3 Å². The van der Waals surface area contributed by atoms with Gasteiger partial charge in [-0.05, 0) is 31.9 Å². The number of carbonyl (C=O) groups excluding carboxylic acids is 4. The summed E-state index contributed by atoms with van der Waals surface area (Å²) in [5.74, 6) is -1.31. The lowest BCUT2D eigenvalue weighted by Crippen LogP contribution is -2.40. The second kappa shape index (κ2) is 6.78. The third kappa shape index (κ3) is 3.40. The first-order chi connectivity index (χ1) is 12.3. The highest BCUT2D eigenvalue weighted by Crippen LogP contribution is 2.27. The molecule has 1 fully saturated rings. The van der Waals surface area contributed by atoms with E-state index in [0.29, 0.717) is 6.54 Å². The van der Waals surface area contributed by atoms with Crippen molar-refractivity contribution in [3.05, 3.63) is 29.8 Å². The van der Waals surface area contributed by atoms with E-state index in [1.807, 2.05) is 24.3 Å². The molecule has 2 aliphatic rings. The molecule has 0 unspecified atom stereocenters. The number of nitrogens with zero attached hydrogens (tertiary/aromatic N) is 2. The van der Waals surface area contributed by atoms with Crippen LogP contribution < -0.4 is 10.2 Å². The Balaban J connectivity index is 1.47. The minimum Gasteiger partial charge on any atom is -0.455 e. The minimum absolute atomic E-state index is 0.0757.